The van der Waals surface area contributed by atoms with Crippen molar-refractivity contribution in [2.45, 2.75) is 31.5 Å². The zero-order valence-electron chi connectivity index (χ0n) is 11.8. The van der Waals surface area contributed by atoms with Gasteiger partial charge in [-0.15, -0.1) is 0 Å². The molecule has 1 amide bonds. The Hall–Kier alpha value is -1.30. The van der Waals surface area contributed by atoms with Crippen molar-refractivity contribution < 1.29 is 9.53 Å². The Morgan fingerprint density at radius 2 is 2.10 bits per heavy atom. The van der Waals surface area contributed by atoms with E-state index in [1.54, 1.807) is 18.2 Å². The fourth-order valence-corrected chi connectivity index (χ4v) is 3.22. The predicted molar refractivity (Wildman–Crippen MR) is 83.4 cm³/mol. The molecule has 2 bridgehead atoms. The second-order valence-electron chi connectivity index (χ2n) is 5.75. The number of likely N-dealkylation sites (tertiary alicyclic amines) is 1. The van der Waals surface area contributed by atoms with Crippen LogP contribution in [0.5, 0.6) is 0 Å². The number of nitrogen functional groups attached to an aromatic ring is 1. The number of amides is 1. The number of hydrogen-bond donors (Lipinski definition) is 2. The Morgan fingerprint density at radius 1 is 1.38 bits per heavy atom. The number of hydrogen-bond acceptors (Lipinski definition) is 4. The molecule has 0 aromatic heterocycles. The number of nitrogens with two attached hydrogens (primary N) is 1. The number of anilines is 2. The molecule has 114 valence electrons. The lowest BCUT2D eigenvalue weighted by Gasteiger charge is -2.31. The number of morpholine rings is 1. The minimum absolute atomic E-state index is 0.0273. The molecule has 2 fully saturated rings. The quantitative estimate of drug-likeness (QED) is 0.836. The van der Waals surface area contributed by atoms with Crippen LogP contribution in [0.25, 0.3) is 0 Å². The van der Waals surface area contributed by atoms with Crippen LogP contribution in [0.2, 0.25) is 5.02 Å². The van der Waals surface area contributed by atoms with Gasteiger partial charge in [0.1, 0.15) is 0 Å². The van der Waals surface area contributed by atoms with Crippen LogP contribution in [0.15, 0.2) is 18.2 Å². The maximum Gasteiger partial charge on any atom is 0.225 e. The Labute approximate surface area is 129 Å². The second-order valence-corrected chi connectivity index (χ2v) is 6.16. The van der Waals surface area contributed by atoms with Crippen molar-refractivity contribution in [3.05, 3.63) is 23.2 Å². The topological polar surface area (TPSA) is 67.6 Å². The highest BCUT2D eigenvalue weighted by Gasteiger charge is 2.33. The number of nitrogens with zero attached hydrogens (tertiary/aromatic N) is 1. The first-order valence-electron chi connectivity index (χ1n) is 7.33. The summed E-state index contributed by atoms with van der Waals surface area (Å²) in [7, 11) is 0. The van der Waals surface area contributed by atoms with Crippen molar-refractivity contribution in [1.29, 1.82) is 0 Å². The molecule has 2 heterocycles. The van der Waals surface area contributed by atoms with E-state index >= 15 is 0 Å². The molecule has 1 aromatic rings. The summed E-state index contributed by atoms with van der Waals surface area (Å²) in [4.78, 5) is 14.3. The molecule has 2 aliphatic heterocycles. The first kappa shape index (κ1) is 14.6. The number of halogens is 1. The number of carbonyl (C=O) groups is 1. The minimum atomic E-state index is -0.0273. The highest BCUT2D eigenvalue weighted by Crippen LogP contribution is 2.26. The van der Waals surface area contributed by atoms with Crippen LogP contribution >= 0.6 is 11.6 Å². The van der Waals surface area contributed by atoms with Crippen molar-refractivity contribution in [2.24, 2.45) is 0 Å². The van der Waals surface area contributed by atoms with E-state index < -0.39 is 0 Å². The number of fused-ring (bicyclic) bond motifs is 2. The lowest BCUT2D eigenvalue weighted by molar-refractivity contribution is -0.117. The second kappa shape index (κ2) is 6.22. The van der Waals surface area contributed by atoms with Gasteiger partial charge < -0.3 is 15.8 Å². The summed E-state index contributed by atoms with van der Waals surface area (Å²) in [5.41, 5.74) is 6.82. The first-order valence-corrected chi connectivity index (χ1v) is 7.70. The average molecular weight is 310 g/mol. The molecule has 2 aliphatic rings. The van der Waals surface area contributed by atoms with Gasteiger partial charge in [-0.1, -0.05) is 11.6 Å². The van der Waals surface area contributed by atoms with Crippen molar-refractivity contribution in [2.75, 3.05) is 30.7 Å². The lowest BCUT2D eigenvalue weighted by Crippen LogP contribution is -2.43. The number of ether oxygens (including phenoxy) is 1. The smallest absolute Gasteiger partial charge is 0.225 e. The zero-order valence-corrected chi connectivity index (χ0v) is 12.6. The van der Waals surface area contributed by atoms with Gasteiger partial charge >= 0.3 is 0 Å². The molecule has 2 unspecified atom stereocenters. The van der Waals surface area contributed by atoms with Gasteiger partial charge in [-0.3, -0.25) is 9.69 Å². The monoisotopic (exact) mass is 309 g/mol. The molecule has 0 radical (unpaired) electrons. The Bertz CT molecular complexity index is 526. The molecule has 0 spiro atoms. The number of nitrogens with one attached hydrogen (secondary N) is 1. The van der Waals surface area contributed by atoms with E-state index in [-0.39, 0.29) is 5.91 Å². The molecule has 21 heavy (non-hydrogen) atoms. The summed E-state index contributed by atoms with van der Waals surface area (Å²) in [5.74, 6) is -0.0273. The highest BCUT2D eigenvalue weighted by molar-refractivity contribution is 6.34. The molecule has 3 rings (SSSR count). The summed E-state index contributed by atoms with van der Waals surface area (Å²) < 4.78 is 5.79. The van der Waals surface area contributed by atoms with Crippen LogP contribution in [0, 0.1) is 0 Å². The van der Waals surface area contributed by atoms with E-state index in [1.807, 2.05) is 0 Å². The number of carbonyl (C=O) groups excluding carboxylic acids is 1. The third-order valence-electron chi connectivity index (χ3n) is 4.04. The van der Waals surface area contributed by atoms with E-state index in [1.165, 1.54) is 0 Å². The summed E-state index contributed by atoms with van der Waals surface area (Å²) >= 11 is 6.05. The maximum absolute atomic E-state index is 12.0. The van der Waals surface area contributed by atoms with E-state index in [2.05, 4.69) is 10.2 Å². The first-order chi connectivity index (χ1) is 10.1. The van der Waals surface area contributed by atoms with Gasteiger partial charge in [-0.2, -0.15) is 0 Å². The summed E-state index contributed by atoms with van der Waals surface area (Å²) in [5, 5.41) is 3.30. The van der Waals surface area contributed by atoms with Gasteiger partial charge in [0.25, 0.3) is 0 Å². The molecular formula is C15H20ClN3O2. The van der Waals surface area contributed by atoms with Gasteiger partial charge in [0, 0.05) is 31.7 Å². The maximum atomic E-state index is 12.0. The van der Waals surface area contributed by atoms with Gasteiger partial charge in [0.15, 0.2) is 0 Å². The van der Waals surface area contributed by atoms with Gasteiger partial charge in [0.2, 0.25) is 5.91 Å². The van der Waals surface area contributed by atoms with Crippen LogP contribution in [0.3, 0.4) is 0 Å². The molecule has 2 saturated heterocycles. The molecule has 5 nitrogen and oxygen atoms in total. The van der Waals surface area contributed by atoms with Crippen molar-refractivity contribution >= 4 is 28.9 Å². The van der Waals surface area contributed by atoms with E-state index in [9.17, 15) is 4.79 Å². The largest absolute Gasteiger partial charge is 0.399 e. The molecule has 6 heteroatoms. The Morgan fingerprint density at radius 3 is 2.76 bits per heavy atom. The summed E-state index contributed by atoms with van der Waals surface area (Å²) in [6.07, 6.45) is 3.47. The van der Waals surface area contributed by atoms with Crippen LogP contribution in [-0.4, -0.2) is 42.6 Å². The number of rotatable bonds is 4. The van der Waals surface area contributed by atoms with Crippen LogP contribution < -0.4 is 11.1 Å². The fourth-order valence-electron chi connectivity index (χ4n) is 2.99. The van der Waals surface area contributed by atoms with E-state index in [0.717, 1.165) is 32.5 Å². The minimum Gasteiger partial charge on any atom is -0.399 e. The van der Waals surface area contributed by atoms with Gasteiger partial charge in [-0.25, -0.2) is 0 Å². The molecule has 0 saturated carbocycles. The average Bonchev–Trinajstić information content (AvgIpc) is 2.79. The fraction of sp³-hybridized carbons (Fsp3) is 0.533. The molecule has 0 aliphatic carbocycles. The van der Waals surface area contributed by atoms with Gasteiger partial charge in [0.05, 0.1) is 22.9 Å². The summed E-state index contributed by atoms with van der Waals surface area (Å²) in [6.45, 7) is 2.63. The van der Waals surface area contributed by atoms with E-state index in [0.29, 0.717) is 35.0 Å². The van der Waals surface area contributed by atoms with Crippen molar-refractivity contribution in [3.8, 4) is 0 Å². The van der Waals surface area contributed by atoms with Crippen molar-refractivity contribution in [1.82, 2.24) is 4.90 Å². The number of benzene rings is 1. The lowest BCUT2D eigenvalue weighted by atomic mass is 10.2. The molecule has 3 N–H and O–H groups in total. The normalized spacial score (nSPS) is 25.0. The van der Waals surface area contributed by atoms with Crippen molar-refractivity contribution in [3.63, 3.8) is 0 Å². The molecular weight excluding hydrogens is 290 g/mol. The Kier molecular flexibility index (Phi) is 4.33. The summed E-state index contributed by atoms with van der Waals surface area (Å²) in [6, 6.07) is 5.09. The van der Waals surface area contributed by atoms with E-state index in [4.69, 9.17) is 22.1 Å². The predicted octanol–water partition coefficient (Wildman–Crippen LogP) is 2.11. The SMILES string of the molecule is Nc1ccc(NC(=O)CCN2CC3CCC(C2)O3)c(Cl)c1. The third-order valence-corrected chi connectivity index (χ3v) is 4.35. The van der Waals surface area contributed by atoms with Crippen LogP contribution in [0.1, 0.15) is 19.3 Å². The standard InChI is InChI=1S/C15H20ClN3O2/c16-13-7-10(17)1-4-14(13)18-15(20)5-6-19-8-11-2-3-12(9-19)21-11/h1,4,7,11-12H,2-3,5-6,8-9,17H2,(H,18,20). The van der Waals surface area contributed by atoms with Gasteiger partial charge in [-0.05, 0) is 31.0 Å². The Balaban J connectivity index is 1.48. The third kappa shape index (κ3) is 3.67. The highest BCUT2D eigenvalue weighted by atomic mass is 35.5. The van der Waals surface area contributed by atoms with Crippen LogP contribution in [0.4, 0.5) is 11.4 Å². The van der Waals surface area contributed by atoms with Crippen LogP contribution in [-0.2, 0) is 9.53 Å². The molecule has 2 atom stereocenters. The molecule has 1 aromatic carbocycles. The zero-order chi connectivity index (χ0) is 14.8.